The molecule has 0 fully saturated rings. The average molecular weight is 436 g/mol. The Bertz CT molecular complexity index is 927. The molecule has 1 aliphatic heterocycles. The molecule has 2 aromatic carbocycles. The lowest BCUT2D eigenvalue weighted by atomic mass is 10.2. The molecule has 0 radical (unpaired) electrons. The van der Waals surface area contributed by atoms with E-state index in [0.29, 0.717) is 40.6 Å². The Kier molecular flexibility index (Phi) is 6.88. The van der Waals surface area contributed by atoms with Crippen molar-refractivity contribution in [3.05, 3.63) is 85.7 Å². The third-order valence-corrected chi connectivity index (χ3v) is 5.69. The number of nitroso groups, excluding NO2 is 1. The predicted molar refractivity (Wildman–Crippen MR) is 111 cm³/mol. The van der Waals surface area contributed by atoms with E-state index in [9.17, 15) is 14.5 Å². The molecule has 1 heterocycles. The van der Waals surface area contributed by atoms with Gasteiger partial charge in [0.05, 0.1) is 24.1 Å². The van der Waals surface area contributed by atoms with Gasteiger partial charge in [-0.05, 0) is 54.8 Å². The number of halogens is 2. The highest BCUT2D eigenvalue weighted by Crippen LogP contribution is 2.29. The number of allylic oxidation sites excluding steroid dienone is 1. The van der Waals surface area contributed by atoms with Crippen molar-refractivity contribution in [3.8, 4) is 0 Å². The molecule has 0 bridgehead atoms. The number of amides is 2. The summed E-state index contributed by atoms with van der Waals surface area (Å²) < 4.78 is 1.84. The SMILES string of the molecule is O=C1CCC/C=C(/[N+](=O)C(=O)c2ccc(Cl)cc2)SN1Cc1ccc(Cl)cc1. The molecular weight excluding hydrogens is 419 g/mol. The van der Waals surface area contributed by atoms with Crippen LogP contribution in [0.25, 0.3) is 0 Å². The maximum atomic E-state index is 12.7. The van der Waals surface area contributed by atoms with Crippen LogP contribution in [0.15, 0.2) is 59.6 Å². The van der Waals surface area contributed by atoms with Crippen LogP contribution in [0.4, 0.5) is 0 Å². The third-order valence-electron chi connectivity index (χ3n) is 4.11. The number of nitrogens with zero attached hydrogens (tertiary/aromatic N) is 2. The Labute approximate surface area is 177 Å². The second-order valence-corrected chi connectivity index (χ2v) is 8.10. The predicted octanol–water partition coefficient (Wildman–Crippen LogP) is 5.61. The van der Waals surface area contributed by atoms with Crippen LogP contribution in [0.1, 0.15) is 35.2 Å². The second kappa shape index (κ2) is 9.37. The molecule has 28 heavy (non-hydrogen) atoms. The van der Waals surface area contributed by atoms with E-state index in [1.807, 2.05) is 12.1 Å². The fourth-order valence-electron chi connectivity index (χ4n) is 2.61. The second-order valence-electron chi connectivity index (χ2n) is 6.19. The van der Waals surface area contributed by atoms with Gasteiger partial charge in [0.15, 0.2) is 0 Å². The van der Waals surface area contributed by atoms with Gasteiger partial charge < -0.3 is 0 Å². The number of hydrogen-bond donors (Lipinski definition) is 0. The van der Waals surface area contributed by atoms with Crippen LogP contribution in [0.2, 0.25) is 10.0 Å². The minimum Gasteiger partial charge on any atom is -0.274 e. The van der Waals surface area contributed by atoms with Crippen LogP contribution in [0.5, 0.6) is 0 Å². The number of hydrogen-bond acceptors (Lipinski definition) is 4. The fourth-order valence-corrected chi connectivity index (χ4v) is 3.84. The zero-order chi connectivity index (χ0) is 20.1. The summed E-state index contributed by atoms with van der Waals surface area (Å²) in [7, 11) is 0. The Morgan fingerprint density at radius 1 is 1.04 bits per heavy atom. The van der Waals surface area contributed by atoms with Crippen molar-refractivity contribution < 1.29 is 14.3 Å². The molecule has 0 unspecified atom stereocenters. The van der Waals surface area contributed by atoms with Gasteiger partial charge in [-0.3, -0.25) is 9.10 Å². The molecule has 3 rings (SSSR count). The van der Waals surface area contributed by atoms with Crippen molar-refractivity contribution in [2.75, 3.05) is 0 Å². The summed E-state index contributed by atoms with van der Waals surface area (Å²) in [4.78, 5) is 37.7. The van der Waals surface area contributed by atoms with Crippen molar-refractivity contribution in [2.24, 2.45) is 0 Å². The molecular formula is C20H17Cl2N2O3S+. The van der Waals surface area contributed by atoms with Gasteiger partial charge in [0.1, 0.15) is 4.76 Å². The molecule has 0 saturated carbocycles. The van der Waals surface area contributed by atoms with Gasteiger partial charge in [0.2, 0.25) is 5.91 Å². The lowest BCUT2D eigenvalue weighted by molar-refractivity contribution is -0.383. The van der Waals surface area contributed by atoms with E-state index in [0.717, 1.165) is 17.5 Å². The maximum Gasteiger partial charge on any atom is 0.472 e. The van der Waals surface area contributed by atoms with Crippen LogP contribution in [-0.4, -0.2) is 20.9 Å². The Morgan fingerprint density at radius 2 is 1.64 bits per heavy atom. The van der Waals surface area contributed by atoms with Crippen LogP contribution < -0.4 is 0 Å². The van der Waals surface area contributed by atoms with Crippen LogP contribution in [0.3, 0.4) is 0 Å². The van der Waals surface area contributed by atoms with Crippen LogP contribution in [0, 0.1) is 4.91 Å². The van der Waals surface area contributed by atoms with E-state index in [-0.39, 0.29) is 16.5 Å². The average Bonchev–Trinajstić information content (AvgIpc) is 2.69. The first-order valence-corrected chi connectivity index (χ1v) is 10.2. The number of carbonyl (C=O) groups excluding carboxylic acids is 2. The highest BCUT2D eigenvalue weighted by atomic mass is 35.5. The molecule has 2 amide bonds. The molecule has 2 aromatic rings. The highest BCUT2D eigenvalue weighted by molar-refractivity contribution is 8.01. The molecule has 0 aromatic heterocycles. The summed E-state index contributed by atoms with van der Waals surface area (Å²) in [5, 5.41) is 1.27. The van der Waals surface area contributed by atoms with Gasteiger partial charge in [0, 0.05) is 27.4 Å². The molecule has 8 heteroatoms. The van der Waals surface area contributed by atoms with E-state index < -0.39 is 5.91 Å². The lowest BCUT2D eigenvalue weighted by Gasteiger charge is -2.21. The molecule has 0 saturated heterocycles. The van der Waals surface area contributed by atoms with Gasteiger partial charge in [-0.2, -0.15) is 0 Å². The van der Waals surface area contributed by atoms with Crippen molar-refractivity contribution in [1.82, 2.24) is 4.31 Å². The molecule has 0 spiro atoms. The molecule has 1 aliphatic rings. The van der Waals surface area contributed by atoms with Gasteiger partial charge in [-0.1, -0.05) is 35.3 Å². The third kappa shape index (κ3) is 5.22. The normalized spacial score (nSPS) is 16.7. The van der Waals surface area contributed by atoms with E-state index in [4.69, 9.17) is 23.2 Å². The van der Waals surface area contributed by atoms with Crippen LogP contribution >= 0.6 is 35.1 Å². The first kappa shape index (κ1) is 20.6. The topological polar surface area (TPSA) is 57.5 Å². The summed E-state index contributed by atoms with van der Waals surface area (Å²) in [5.74, 6) is -0.784. The van der Waals surface area contributed by atoms with Gasteiger partial charge in [-0.25, -0.2) is 4.79 Å². The summed E-state index contributed by atoms with van der Waals surface area (Å²) in [6.45, 7) is 0.307. The van der Waals surface area contributed by atoms with Gasteiger partial charge >= 0.3 is 10.9 Å². The van der Waals surface area contributed by atoms with Gasteiger partial charge in [-0.15, -0.1) is 0 Å². The molecule has 0 atom stereocenters. The molecule has 0 aliphatic carbocycles. The number of benzene rings is 2. The number of carbonyl (C=O) groups is 2. The van der Waals surface area contributed by atoms with E-state index >= 15 is 0 Å². The number of rotatable bonds is 4. The quantitative estimate of drug-likeness (QED) is 0.462. The maximum absolute atomic E-state index is 12.7. The summed E-state index contributed by atoms with van der Waals surface area (Å²) in [6.07, 6.45) is 3.25. The smallest absolute Gasteiger partial charge is 0.274 e. The Balaban J connectivity index is 1.79. The first-order valence-electron chi connectivity index (χ1n) is 8.64. The zero-order valence-corrected chi connectivity index (χ0v) is 17.1. The van der Waals surface area contributed by atoms with Crippen molar-refractivity contribution in [2.45, 2.75) is 25.8 Å². The zero-order valence-electron chi connectivity index (χ0n) is 14.8. The lowest BCUT2D eigenvalue weighted by Crippen LogP contribution is -2.27. The van der Waals surface area contributed by atoms with Crippen LogP contribution in [-0.2, 0) is 11.3 Å². The van der Waals surface area contributed by atoms with E-state index in [2.05, 4.69) is 0 Å². The summed E-state index contributed by atoms with van der Waals surface area (Å²) in [5.41, 5.74) is 1.12. The minimum absolute atomic E-state index is 0.0853. The summed E-state index contributed by atoms with van der Waals surface area (Å²) in [6, 6.07) is 13.3. The van der Waals surface area contributed by atoms with Crippen molar-refractivity contribution in [1.29, 1.82) is 0 Å². The van der Waals surface area contributed by atoms with Crippen molar-refractivity contribution in [3.63, 3.8) is 0 Å². The minimum atomic E-state index is -0.699. The molecule has 144 valence electrons. The van der Waals surface area contributed by atoms with E-state index in [1.54, 1.807) is 30.3 Å². The highest BCUT2D eigenvalue weighted by Gasteiger charge is 2.34. The monoisotopic (exact) mass is 435 g/mol. The fraction of sp³-hybridized carbons (Fsp3) is 0.200. The Hall–Kier alpha value is -2.15. The summed E-state index contributed by atoms with van der Waals surface area (Å²) >= 11 is 12.7. The van der Waals surface area contributed by atoms with Gasteiger partial charge in [0.25, 0.3) is 0 Å². The first-order chi connectivity index (χ1) is 13.4. The Morgan fingerprint density at radius 3 is 2.29 bits per heavy atom. The van der Waals surface area contributed by atoms with Crippen molar-refractivity contribution >= 4 is 47.0 Å². The molecule has 5 nitrogen and oxygen atoms in total. The largest absolute Gasteiger partial charge is 0.472 e. The molecule has 0 N–H and O–H groups in total. The standard InChI is InChI=1S/C20H17Cl2N2O3S/c21-16-9-5-14(6-10-16)13-23-18(25)3-1-2-4-19(28-23)24(27)20(26)15-7-11-17(22)12-8-15/h4-12H,1-3,13H2/q+1/b19-4-. The van der Waals surface area contributed by atoms with E-state index in [1.165, 1.54) is 16.4 Å².